The van der Waals surface area contributed by atoms with Crippen LogP contribution in [0.3, 0.4) is 0 Å². The number of nitrogens with one attached hydrogen (secondary N) is 1. The third-order valence-corrected chi connectivity index (χ3v) is 3.53. The molecule has 6 nitrogen and oxygen atoms in total. The quantitative estimate of drug-likeness (QED) is 0.819. The molecular weight excluding hydrogens is 296 g/mol. The van der Waals surface area contributed by atoms with Gasteiger partial charge in [-0.05, 0) is 13.3 Å². The van der Waals surface area contributed by atoms with Gasteiger partial charge in [-0.3, -0.25) is 4.79 Å². The average molecular weight is 316 g/mol. The summed E-state index contributed by atoms with van der Waals surface area (Å²) in [5, 5.41) is 15.5. The molecule has 0 saturated carbocycles. The second kappa shape index (κ2) is 7.58. The molecule has 0 aliphatic heterocycles. The van der Waals surface area contributed by atoms with Crippen LogP contribution in [0, 0.1) is 6.92 Å². The third kappa shape index (κ3) is 4.42. The van der Waals surface area contributed by atoms with Gasteiger partial charge in [0.2, 0.25) is 5.76 Å². The van der Waals surface area contributed by atoms with Crippen molar-refractivity contribution in [3.05, 3.63) is 41.7 Å². The van der Waals surface area contributed by atoms with Gasteiger partial charge in [-0.1, -0.05) is 54.8 Å². The number of carbonyl (C=O) groups excluding carboxylic acids is 1. The molecule has 122 valence electrons. The summed E-state index contributed by atoms with van der Waals surface area (Å²) in [6.45, 7) is 3.94. The van der Waals surface area contributed by atoms with Crippen molar-refractivity contribution >= 4 is 11.9 Å². The lowest BCUT2D eigenvalue weighted by Gasteiger charge is -2.12. The van der Waals surface area contributed by atoms with Crippen LogP contribution in [0.2, 0.25) is 0 Å². The molecule has 1 atom stereocenters. The van der Waals surface area contributed by atoms with Gasteiger partial charge in [0.05, 0.1) is 0 Å². The highest BCUT2D eigenvalue weighted by Gasteiger charge is 2.22. The van der Waals surface area contributed by atoms with Gasteiger partial charge in [0, 0.05) is 11.6 Å². The first-order valence-corrected chi connectivity index (χ1v) is 7.58. The van der Waals surface area contributed by atoms with Crippen LogP contribution in [-0.2, 0) is 4.79 Å². The van der Waals surface area contributed by atoms with Crippen molar-refractivity contribution < 1.29 is 19.2 Å². The zero-order chi connectivity index (χ0) is 16.8. The Balaban J connectivity index is 2.08. The topological polar surface area (TPSA) is 92.4 Å². The second-order valence-corrected chi connectivity index (χ2v) is 5.45. The van der Waals surface area contributed by atoms with E-state index in [4.69, 9.17) is 9.63 Å². The van der Waals surface area contributed by atoms with E-state index >= 15 is 0 Å². The molecule has 0 aliphatic rings. The monoisotopic (exact) mass is 316 g/mol. The number of unbranched alkanes of at least 4 members (excludes halogenated alkanes) is 1. The van der Waals surface area contributed by atoms with Crippen LogP contribution in [0.25, 0.3) is 11.3 Å². The van der Waals surface area contributed by atoms with Crippen molar-refractivity contribution in [1.82, 2.24) is 10.5 Å². The van der Waals surface area contributed by atoms with Gasteiger partial charge in [0.25, 0.3) is 5.91 Å². The SMILES string of the molecule is CCCC[C@H](NC(=O)c1cc(-c2ccc(C)cc2)no1)C(=O)O. The highest BCUT2D eigenvalue weighted by molar-refractivity contribution is 5.95. The number of carbonyl (C=O) groups is 2. The van der Waals surface area contributed by atoms with Gasteiger partial charge in [0.15, 0.2) is 0 Å². The number of hydrogen-bond donors (Lipinski definition) is 2. The molecule has 0 aliphatic carbocycles. The Morgan fingerprint density at radius 1 is 1.30 bits per heavy atom. The van der Waals surface area contributed by atoms with Crippen LogP contribution in [0.15, 0.2) is 34.9 Å². The van der Waals surface area contributed by atoms with Crippen molar-refractivity contribution in [2.24, 2.45) is 0 Å². The Labute approximate surface area is 134 Å². The molecule has 1 heterocycles. The van der Waals surface area contributed by atoms with E-state index in [2.05, 4.69) is 10.5 Å². The molecule has 6 heteroatoms. The van der Waals surface area contributed by atoms with E-state index in [1.807, 2.05) is 38.1 Å². The number of aryl methyl sites for hydroxylation is 1. The normalized spacial score (nSPS) is 11.9. The Hall–Kier alpha value is -2.63. The molecule has 23 heavy (non-hydrogen) atoms. The lowest BCUT2D eigenvalue weighted by Crippen LogP contribution is -2.40. The zero-order valence-corrected chi connectivity index (χ0v) is 13.2. The maximum atomic E-state index is 12.1. The largest absolute Gasteiger partial charge is 0.480 e. The Morgan fingerprint density at radius 3 is 2.61 bits per heavy atom. The van der Waals surface area contributed by atoms with E-state index in [0.717, 1.165) is 24.0 Å². The summed E-state index contributed by atoms with van der Waals surface area (Å²) in [7, 11) is 0. The molecule has 1 aromatic heterocycles. The van der Waals surface area contributed by atoms with E-state index in [9.17, 15) is 9.59 Å². The first kappa shape index (κ1) is 16.7. The van der Waals surface area contributed by atoms with Crippen LogP contribution in [0.5, 0.6) is 0 Å². The number of nitrogens with zero attached hydrogens (tertiary/aromatic N) is 1. The van der Waals surface area contributed by atoms with E-state index in [1.165, 1.54) is 6.07 Å². The lowest BCUT2D eigenvalue weighted by atomic mass is 10.1. The van der Waals surface area contributed by atoms with Crippen molar-refractivity contribution in [1.29, 1.82) is 0 Å². The number of hydrogen-bond acceptors (Lipinski definition) is 4. The Kier molecular flexibility index (Phi) is 5.51. The van der Waals surface area contributed by atoms with Gasteiger partial charge in [-0.25, -0.2) is 4.79 Å². The fourth-order valence-corrected chi connectivity index (χ4v) is 2.14. The number of amides is 1. The van der Waals surface area contributed by atoms with Gasteiger partial charge in [-0.15, -0.1) is 0 Å². The molecule has 2 N–H and O–H groups in total. The molecule has 0 bridgehead atoms. The summed E-state index contributed by atoms with van der Waals surface area (Å²) in [6.07, 6.45) is 1.97. The maximum absolute atomic E-state index is 12.1. The summed E-state index contributed by atoms with van der Waals surface area (Å²) in [6, 6.07) is 8.24. The van der Waals surface area contributed by atoms with Crippen molar-refractivity contribution in [3.63, 3.8) is 0 Å². The van der Waals surface area contributed by atoms with Crippen LogP contribution >= 0.6 is 0 Å². The smallest absolute Gasteiger partial charge is 0.326 e. The van der Waals surface area contributed by atoms with Gasteiger partial charge >= 0.3 is 5.97 Å². The highest BCUT2D eigenvalue weighted by atomic mass is 16.5. The summed E-state index contributed by atoms with van der Waals surface area (Å²) in [5.41, 5.74) is 2.49. The minimum atomic E-state index is -1.05. The number of aliphatic carboxylic acids is 1. The molecule has 2 rings (SSSR count). The predicted molar refractivity (Wildman–Crippen MR) is 85.1 cm³/mol. The van der Waals surface area contributed by atoms with Crippen LogP contribution in [0.4, 0.5) is 0 Å². The number of aromatic nitrogens is 1. The van der Waals surface area contributed by atoms with Crippen molar-refractivity contribution in [3.8, 4) is 11.3 Å². The van der Waals surface area contributed by atoms with Crippen molar-refractivity contribution in [2.45, 2.75) is 39.2 Å². The van der Waals surface area contributed by atoms with E-state index in [1.54, 1.807) is 0 Å². The molecule has 0 unspecified atom stereocenters. The Morgan fingerprint density at radius 2 is 2.00 bits per heavy atom. The van der Waals surface area contributed by atoms with Crippen molar-refractivity contribution in [2.75, 3.05) is 0 Å². The molecule has 0 saturated heterocycles. The number of carboxylic acid groups (broad SMARTS) is 1. The Bertz CT molecular complexity index is 676. The van der Waals surface area contributed by atoms with Gasteiger partial charge in [0.1, 0.15) is 11.7 Å². The molecule has 2 aromatic rings. The predicted octanol–water partition coefficient (Wildman–Crippen LogP) is 3.02. The van der Waals surface area contributed by atoms with Crippen LogP contribution < -0.4 is 5.32 Å². The minimum Gasteiger partial charge on any atom is -0.480 e. The summed E-state index contributed by atoms with van der Waals surface area (Å²) in [5.74, 6) is -1.62. The summed E-state index contributed by atoms with van der Waals surface area (Å²) in [4.78, 5) is 23.3. The maximum Gasteiger partial charge on any atom is 0.326 e. The molecule has 1 aromatic carbocycles. The lowest BCUT2D eigenvalue weighted by molar-refractivity contribution is -0.139. The first-order valence-electron chi connectivity index (χ1n) is 7.58. The molecule has 0 fully saturated rings. The fraction of sp³-hybridized carbons (Fsp3) is 0.353. The van der Waals surface area contributed by atoms with Crippen LogP contribution in [-0.4, -0.2) is 28.2 Å². The summed E-state index contributed by atoms with van der Waals surface area (Å²) < 4.78 is 5.04. The fourth-order valence-electron chi connectivity index (χ4n) is 2.14. The number of carboxylic acids is 1. The molecule has 0 spiro atoms. The summed E-state index contributed by atoms with van der Waals surface area (Å²) >= 11 is 0. The third-order valence-electron chi connectivity index (χ3n) is 3.53. The second-order valence-electron chi connectivity index (χ2n) is 5.45. The molecule has 1 amide bonds. The molecule has 0 radical (unpaired) electrons. The van der Waals surface area contributed by atoms with E-state index in [0.29, 0.717) is 12.1 Å². The average Bonchev–Trinajstić information content (AvgIpc) is 3.01. The number of rotatable bonds is 7. The van der Waals surface area contributed by atoms with Crippen LogP contribution in [0.1, 0.15) is 42.3 Å². The molecular formula is C17H20N2O4. The van der Waals surface area contributed by atoms with Gasteiger partial charge < -0.3 is 14.9 Å². The minimum absolute atomic E-state index is 0.00308. The highest BCUT2D eigenvalue weighted by Crippen LogP contribution is 2.19. The number of benzene rings is 1. The first-order chi connectivity index (χ1) is 11.0. The van der Waals surface area contributed by atoms with E-state index in [-0.39, 0.29) is 5.76 Å². The van der Waals surface area contributed by atoms with E-state index < -0.39 is 17.9 Å². The standard InChI is InChI=1S/C17H20N2O4/c1-3-4-5-13(17(21)22)18-16(20)15-10-14(19-23-15)12-8-6-11(2)7-9-12/h6-10,13H,3-5H2,1-2H3,(H,18,20)(H,21,22)/t13-/m0/s1. The zero-order valence-electron chi connectivity index (χ0n) is 13.2. The van der Waals surface area contributed by atoms with Gasteiger partial charge in [-0.2, -0.15) is 0 Å².